The van der Waals surface area contributed by atoms with Crippen LogP contribution in [-0.2, 0) is 15.8 Å². The molecule has 0 saturated heterocycles. The number of amides is 1. The molecule has 1 aromatic heterocycles. The van der Waals surface area contributed by atoms with E-state index in [2.05, 4.69) is 15.3 Å². The first kappa shape index (κ1) is 24.0. The summed E-state index contributed by atoms with van der Waals surface area (Å²) in [5.74, 6) is -0.472. The van der Waals surface area contributed by atoms with Gasteiger partial charge in [-0.05, 0) is 43.0 Å². The zero-order valence-corrected chi connectivity index (χ0v) is 19.9. The molecule has 2 atom stereocenters. The lowest BCUT2D eigenvalue weighted by Gasteiger charge is -2.35. The summed E-state index contributed by atoms with van der Waals surface area (Å²) in [7, 11) is -3.91. The van der Waals surface area contributed by atoms with Crippen molar-refractivity contribution in [3.05, 3.63) is 78.9 Å². The molecule has 34 heavy (non-hydrogen) atoms. The number of benzene rings is 2. The largest absolute Gasteiger partial charge is 0.453 e. The number of nitrogens with one attached hydrogen (secondary N) is 2. The van der Waals surface area contributed by atoms with Crippen molar-refractivity contribution < 1.29 is 18.4 Å². The third-order valence-electron chi connectivity index (χ3n) is 6.01. The number of hydrogen-bond donors (Lipinski definition) is 3. The molecule has 0 radical (unpaired) electrons. The highest BCUT2D eigenvalue weighted by atomic mass is 31.2. The van der Waals surface area contributed by atoms with Crippen LogP contribution in [0.2, 0.25) is 0 Å². The maximum atomic E-state index is 14.5. The Balaban J connectivity index is 1.63. The minimum Gasteiger partial charge on any atom is -0.415 e. The lowest BCUT2D eigenvalue weighted by atomic mass is 9.89. The Morgan fingerprint density at radius 3 is 2.15 bits per heavy atom. The summed E-state index contributed by atoms with van der Waals surface area (Å²) in [6, 6.07) is 17.0. The molecule has 1 aliphatic rings. The fourth-order valence-corrected chi connectivity index (χ4v) is 6.47. The number of aromatic amines is 1. The van der Waals surface area contributed by atoms with Crippen molar-refractivity contribution in [3.8, 4) is 11.5 Å². The molecule has 2 aromatic carbocycles. The number of aromatic nitrogens is 2. The zero-order valence-electron chi connectivity index (χ0n) is 19.0. The number of carbonyl (C=O) groups is 1. The molecule has 0 aliphatic heterocycles. The highest BCUT2D eigenvalue weighted by molar-refractivity contribution is 7.55. The SMILES string of the molecule is N[C@@H](Cc1cnc[nH]1)C(=O)NC(C1CCCCC1)P(=O)(Oc1ccccc1)Oc1ccccc1. The fraction of sp³-hybridized carbons (Fsp3) is 0.360. The van der Waals surface area contributed by atoms with Gasteiger partial charge >= 0.3 is 7.60 Å². The summed E-state index contributed by atoms with van der Waals surface area (Å²) < 4.78 is 26.6. The quantitative estimate of drug-likeness (QED) is 0.362. The van der Waals surface area contributed by atoms with Crippen molar-refractivity contribution in [1.29, 1.82) is 0 Å². The van der Waals surface area contributed by atoms with Crippen molar-refractivity contribution in [2.24, 2.45) is 11.7 Å². The first-order valence-electron chi connectivity index (χ1n) is 11.7. The molecule has 1 amide bonds. The van der Waals surface area contributed by atoms with Crippen LogP contribution in [0.1, 0.15) is 37.8 Å². The number of carbonyl (C=O) groups excluding carboxylic acids is 1. The van der Waals surface area contributed by atoms with Gasteiger partial charge in [0.15, 0.2) is 5.78 Å². The Morgan fingerprint density at radius 2 is 1.62 bits per heavy atom. The van der Waals surface area contributed by atoms with Crippen LogP contribution in [-0.4, -0.2) is 27.7 Å². The van der Waals surface area contributed by atoms with Gasteiger partial charge in [-0.15, -0.1) is 0 Å². The molecule has 1 fully saturated rings. The van der Waals surface area contributed by atoms with E-state index in [9.17, 15) is 9.36 Å². The first-order chi connectivity index (χ1) is 16.5. The van der Waals surface area contributed by atoms with E-state index >= 15 is 0 Å². The summed E-state index contributed by atoms with van der Waals surface area (Å²) in [6.07, 6.45) is 8.20. The monoisotopic (exact) mass is 482 g/mol. The molecule has 0 bridgehead atoms. The molecule has 1 unspecified atom stereocenters. The van der Waals surface area contributed by atoms with E-state index in [4.69, 9.17) is 14.8 Å². The summed E-state index contributed by atoms with van der Waals surface area (Å²) in [5.41, 5.74) is 6.95. The Morgan fingerprint density at radius 1 is 1.03 bits per heavy atom. The average molecular weight is 483 g/mol. The van der Waals surface area contributed by atoms with Gasteiger partial charge in [-0.1, -0.05) is 55.7 Å². The smallest absolute Gasteiger partial charge is 0.415 e. The van der Waals surface area contributed by atoms with Crippen LogP contribution in [0.3, 0.4) is 0 Å². The van der Waals surface area contributed by atoms with Crippen LogP contribution in [0.25, 0.3) is 0 Å². The van der Waals surface area contributed by atoms with Crippen molar-refractivity contribution in [2.75, 3.05) is 0 Å². The molecule has 9 heteroatoms. The molecular formula is C25H31N4O4P. The second-order valence-electron chi connectivity index (χ2n) is 8.59. The average Bonchev–Trinajstić information content (AvgIpc) is 3.37. The number of nitrogens with two attached hydrogens (primary N) is 1. The van der Waals surface area contributed by atoms with Gasteiger partial charge in [0.05, 0.1) is 12.4 Å². The Bertz CT molecular complexity index is 1030. The highest BCUT2D eigenvalue weighted by Crippen LogP contribution is 2.56. The van der Waals surface area contributed by atoms with Gasteiger partial charge in [-0.3, -0.25) is 4.79 Å². The van der Waals surface area contributed by atoms with Crippen molar-refractivity contribution in [3.63, 3.8) is 0 Å². The van der Waals surface area contributed by atoms with Crippen LogP contribution in [0, 0.1) is 5.92 Å². The topological polar surface area (TPSA) is 119 Å². The fourth-order valence-electron chi connectivity index (χ4n) is 4.27. The van der Waals surface area contributed by atoms with Gasteiger partial charge in [-0.25, -0.2) is 9.55 Å². The van der Waals surface area contributed by atoms with Gasteiger partial charge in [0.1, 0.15) is 11.5 Å². The number of H-pyrrole nitrogens is 1. The molecule has 8 nitrogen and oxygen atoms in total. The summed E-state index contributed by atoms with van der Waals surface area (Å²) in [4.78, 5) is 20.1. The van der Waals surface area contributed by atoms with E-state index in [1.807, 2.05) is 12.1 Å². The summed E-state index contributed by atoms with van der Waals surface area (Å²) in [5, 5.41) is 2.97. The van der Waals surface area contributed by atoms with Crippen molar-refractivity contribution in [1.82, 2.24) is 15.3 Å². The zero-order chi connectivity index (χ0) is 23.8. The normalized spacial score (nSPS) is 16.4. The van der Waals surface area contributed by atoms with E-state index in [-0.39, 0.29) is 12.3 Å². The Kier molecular flexibility index (Phi) is 8.03. The lowest BCUT2D eigenvalue weighted by molar-refractivity contribution is -0.123. The first-order valence-corrected chi connectivity index (χ1v) is 13.3. The Labute approximate surface area is 199 Å². The standard InChI is InChI=1S/C25H31N4O4P/c26-23(16-20-17-27-18-28-20)24(30)29-25(19-10-4-1-5-11-19)34(31,32-21-12-6-2-7-13-21)33-22-14-8-3-9-15-22/h2-3,6-9,12-15,17-19,23,25H,1,4-5,10-11,16,26H2,(H,27,28)(H,29,30)/t23-,25?/m0/s1. The minimum atomic E-state index is -3.91. The van der Waals surface area contributed by atoms with E-state index in [1.165, 1.54) is 0 Å². The van der Waals surface area contributed by atoms with Gasteiger partial charge < -0.3 is 25.1 Å². The van der Waals surface area contributed by atoms with Gasteiger partial charge in [-0.2, -0.15) is 0 Å². The molecule has 3 aromatic rings. The third kappa shape index (κ3) is 6.27. The highest BCUT2D eigenvalue weighted by Gasteiger charge is 2.46. The predicted octanol–water partition coefficient (Wildman–Crippen LogP) is 4.65. The van der Waals surface area contributed by atoms with Gasteiger partial charge in [0, 0.05) is 18.3 Å². The number of rotatable bonds is 10. The van der Waals surface area contributed by atoms with Crippen LogP contribution in [0.5, 0.6) is 11.5 Å². The number of hydrogen-bond acceptors (Lipinski definition) is 6. The second-order valence-corrected chi connectivity index (χ2v) is 10.6. The van der Waals surface area contributed by atoms with Gasteiger partial charge in [0.25, 0.3) is 0 Å². The molecule has 1 aliphatic carbocycles. The molecule has 1 heterocycles. The maximum Gasteiger partial charge on any atom is 0.453 e. The molecular weight excluding hydrogens is 451 g/mol. The molecule has 0 spiro atoms. The van der Waals surface area contributed by atoms with Crippen LogP contribution in [0.4, 0.5) is 0 Å². The van der Waals surface area contributed by atoms with Crippen LogP contribution < -0.4 is 20.1 Å². The molecule has 1 saturated carbocycles. The van der Waals surface area contributed by atoms with E-state index < -0.39 is 25.3 Å². The van der Waals surface area contributed by atoms with E-state index in [1.54, 1.807) is 61.1 Å². The molecule has 4 rings (SSSR count). The van der Waals surface area contributed by atoms with Crippen molar-refractivity contribution >= 4 is 13.5 Å². The Hall–Kier alpha value is -3.09. The summed E-state index contributed by atoms with van der Waals surface area (Å²) >= 11 is 0. The second kappa shape index (κ2) is 11.4. The van der Waals surface area contributed by atoms with Gasteiger partial charge in [0.2, 0.25) is 5.91 Å². The van der Waals surface area contributed by atoms with E-state index in [0.717, 1.165) is 37.8 Å². The number of para-hydroxylation sites is 2. The lowest BCUT2D eigenvalue weighted by Crippen LogP contribution is -2.50. The van der Waals surface area contributed by atoms with E-state index in [0.29, 0.717) is 11.5 Å². The maximum absolute atomic E-state index is 14.5. The number of nitrogens with zero attached hydrogens (tertiary/aromatic N) is 1. The molecule has 4 N–H and O–H groups in total. The van der Waals surface area contributed by atoms with Crippen LogP contribution >= 0.6 is 7.60 Å². The minimum absolute atomic E-state index is 0.0599. The van der Waals surface area contributed by atoms with Crippen LogP contribution in [0.15, 0.2) is 73.2 Å². The number of imidazole rings is 1. The third-order valence-corrected chi connectivity index (χ3v) is 8.17. The van der Waals surface area contributed by atoms with Crippen molar-refractivity contribution in [2.45, 2.75) is 50.3 Å². The predicted molar refractivity (Wildman–Crippen MR) is 131 cm³/mol. The summed E-state index contributed by atoms with van der Waals surface area (Å²) in [6.45, 7) is 0. The molecule has 180 valence electrons.